The molecule has 0 bridgehead atoms. The Bertz CT molecular complexity index is 599. The quantitative estimate of drug-likeness (QED) is 0.657. The fourth-order valence-electron chi connectivity index (χ4n) is 3.04. The first-order valence-corrected chi connectivity index (χ1v) is 7.32. The molecular formula is C17H22N2O. The molecule has 3 rings (SSSR count). The third kappa shape index (κ3) is 2.39. The van der Waals surface area contributed by atoms with Crippen molar-refractivity contribution in [1.29, 1.82) is 0 Å². The van der Waals surface area contributed by atoms with Crippen molar-refractivity contribution >= 4 is 0 Å². The van der Waals surface area contributed by atoms with E-state index in [4.69, 9.17) is 10.3 Å². The van der Waals surface area contributed by atoms with Gasteiger partial charge in [-0.3, -0.25) is 5.84 Å². The predicted molar refractivity (Wildman–Crippen MR) is 80.4 cm³/mol. The Morgan fingerprint density at radius 1 is 1.25 bits per heavy atom. The topological polar surface area (TPSA) is 51.2 Å². The van der Waals surface area contributed by atoms with Crippen molar-refractivity contribution in [3.8, 4) is 0 Å². The number of nitrogens with two attached hydrogens (primary N) is 1. The van der Waals surface area contributed by atoms with E-state index in [2.05, 4.69) is 35.8 Å². The summed E-state index contributed by atoms with van der Waals surface area (Å²) in [5.74, 6) is 8.39. The molecule has 0 radical (unpaired) electrons. The first-order valence-electron chi connectivity index (χ1n) is 7.32. The lowest BCUT2D eigenvalue weighted by molar-refractivity contribution is 0.419. The van der Waals surface area contributed by atoms with Crippen LogP contribution in [0.1, 0.15) is 59.4 Å². The smallest absolute Gasteiger partial charge is 0.106 e. The second kappa shape index (κ2) is 5.43. The van der Waals surface area contributed by atoms with Gasteiger partial charge in [0, 0.05) is 5.56 Å². The van der Waals surface area contributed by atoms with Gasteiger partial charge in [0.05, 0.1) is 6.04 Å². The van der Waals surface area contributed by atoms with E-state index in [0.29, 0.717) is 0 Å². The Balaban J connectivity index is 1.94. The molecule has 0 aliphatic heterocycles. The van der Waals surface area contributed by atoms with Crippen LogP contribution in [0.2, 0.25) is 0 Å². The lowest BCUT2D eigenvalue weighted by atomic mass is 9.79. The number of hydrazine groups is 1. The van der Waals surface area contributed by atoms with Crippen LogP contribution in [0.5, 0.6) is 0 Å². The maximum Gasteiger partial charge on any atom is 0.106 e. The fraction of sp³-hybridized carbons (Fsp3) is 0.412. The van der Waals surface area contributed by atoms with Crippen LogP contribution in [0.4, 0.5) is 0 Å². The molecule has 3 heteroatoms. The molecule has 1 aliphatic rings. The highest BCUT2D eigenvalue weighted by molar-refractivity contribution is 5.37. The normalized spacial score (nSPS) is 16.9. The minimum atomic E-state index is -0.00697. The summed E-state index contributed by atoms with van der Waals surface area (Å²) < 4.78 is 5.63. The predicted octanol–water partition coefficient (Wildman–Crippen LogP) is 3.72. The minimum absolute atomic E-state index is 0.00697. The zero-order valence-corrected chi connectivity index (χ0v) is 12.1. The maximum atomic E-state index is 5.80. The lowest BCUT2D eigenvalue weighted by Gasteiger charge is -2.27. The van der Waals surface area contributed by atoms with Gasteiger partial charge in [-0.15, -0.1) is 0 Å². The summed E-state index contributed by atoms with van der Waals surface area (Å²) >= 11 is 0. The Morgan fingerprint density at radius 2 is 2.05 bits per heavy atom. The number of nitrogens with one attached hydrogen (secondary N) is 1. The van der Waals surface area contributed by atoms with E-state index in [1.807, 2.05) is 13.8 Å². The van der Waals surface area contributed by atoms with Gasteiger partial charge in [0.2, 0.25) is 0 Å². The highest BCUT2D eigenvalue weighted by Gasteiger charge is 2.22. The maximum absolute atomic E-state index is 5.80. The molecule has 1 aromatic carbocycles. The summed E-state index contributed by atoms with van der Waals surface area (Å²) in [7, 11) is 0. The number of aryl methyl sites for hydroxylation is 2. The van der Waals surface area contributed by atoms with Crippen molar-refractivity contribution in [2.24, 2.45) is 5.84 Å². The van der Waals surface area contributed by atoms with Gasteiger partial charge in [-0.2, -0.15) is 0 Å². The molecule has 0 spiro atoms. The van der Waals surface area contributed by atoms with Crippen molar-refractivity contribution < 1.29 is 4.42 Å². The molecule has 1 saturated carbocycles. The number of rotatable bonds is 4. The lowest BCUT2D eigenvalue weighted by Crippen LogP contribution is -2.29. The highest BCUT2D eigenvalue weighted by Crippen LogP contribution is 2.37. The van der Waals surface area contributed by atoms with Gasteiger partial charge in [0.25, 0.3) is 0 Å². The molecule has 0 saturated heterocycles. The first kappa shape index (κ1) is 13.4. The second-order valence-corrected chi connectivity index (χ2v) is 5.77. The zero-order valence-electron chi connectivity index (χ0n) is 12.1. The van der Waals surface area contributed by atoms with E-state index in [9.17, 15) is 0 Å². The summed E-state index contributed by atoms with van der Waals surface area (Å²) in [6.07, 6.45) is 3.98. The van der Waals surface area contributed by atoms with Gasteiger partial charge in [0.1, 0.15) is 11.5 Å². The van der Waals surface area contributed by atoms with Gasteiger partial charge in [-0.25, -0.2) is 5.43 Å². The molecule has 1 aliphatic carbocycles. The van der Waals surface area contributed by atoms with E-state index < -0.39 is 0 Å². The van der Waals surface area contributed by atoms with Gasteiger partial charge in [-0.05, 0) is 49.8 Å². The fourth-order valence-corrected chi connectivity index (χ4v) is 3.04. The van der Waals surface area contributed by atoms with Crippen molar-refractivity contribution in [3.63, 3.8) is 0 Å². The molecule has 0 amide bonds. The third-order valence-electron chi connectivity index (χ3n) is 4.38. The molecule has 3 nitrogen and oxygen atoms in total. The van der Waals surface area contributed by atoms with Crippen LogP contribution in [-0.4, -0.2) is 0 Å². The number of hydrogen-bond donors (Lipinski definition) is 2. The highest BCUT2D eigenvalue weighted by atomic mass is 16.3. The van der Waals surface area contributed by atoms with Crippen molar-refractivity contribution in [2.75, 3.05) is 0 Å². The number of furan rings is 1. The van der Waals surface area contributed by atoms with Crippen molar-refractivity contribution in [1.82, 2.24) is 5.43 Å². The first-order chi connectivity index (χ1) is 9.69. The minimum Gasteiger partial charge on any atom is -0.466 e. The molecule has 20 heavy (non-hydrogen) atoms. The Labute approximate surface area is 120 Å². The monoisotopic (exact) mass is 270 g/mol. The molecule has 1 atom stereocenters. The summed E-state index contributed by atoms with van der Waals surface area (Å²) in [4.78, 5) is 0. The zero-order chi connectivity index (χ0) is 14.1. The van der Waals surface area contributed by atoms with Gasteiger partial charge in [0.15, 0.2) is 0 Å². The largest absolute Gasteiger partial charge is 0.466 e. The third-order valence-corrected chi connectivity index (χ3v) is 4.38. The molecule has 1 aromatic heterocycles. The SMILES string of the molecule is Cc1cc(C(NN)c2cccc(C3CCC3)c2)c(C)o1. The van der Waals surface area contributed by atoms with Crippen molar-refractivity contribution in [2.45, 2.75) is 45.1 Å². The number of hydrogen-bond acceptors (Lipinski definition) is 3. The van der Waals surface area contributed by atoms with Crippen LogP contribution in [0.15, 0.2) is 34.7 Å². The molecule has 1 unspecified atom stereocenters. The molecule has 2 aromatic rings. The van der Waals surface area contributed by atoms with Crippen LogP contribution in [0.3, 0.4) is 0 Å². The summed E-state index contributed by atoms with van der Waals surface area (Å²) in [5, 5.41) is 0. The van der Waals surface area contributed by atoms with Crippen LogP contribution in [0, 0.1) is 13.8 Å². The summed E-state index contributed by atoms with van der Waals surface area (Å²) in [5.41, 5.74) is 6.70. The number of benzene rings is 1. The molecule has 3 N–H and O–H groups in total. The average Bonchev–Trinajstić information content (AvgIpc) is 2.68. The van der Waals surface area contributed by atoms with Crippen LogP contribution in [0.25, 0.3) is 0 Å². The van der Waals surface area contributed by atoms with Gasteiger partial charge >= 0.3 is 0 Å². The van der Waals surface area contributed by atoms with E-state index in [1.54, 1.807) is 0 Å². The van der Waals surface area contributed by atoms with E-state index in [-0.39, 0.29) is 6.04 Å². The van der Waals surface area contributed by atoms with E-state index in [0.717, 1.165) is 23.0 Å². The van der Waals surface area contributed by atoms with Crippen LogP contribution in [-0.2, 0) is 0 Å². The Morgan fingerprint density at radius 3 is 2.60 bits per heavy atom. The Hall–Kier alpha value is -1.58. The van der Waals surface area contributed by atoms with Crippen LogP contribution >= 0.6 is 0 Å². The average molecular weight is 270 g/mol. The standard InChI is InChI=1S/C17H22N2O/c1-11-9-16(12(2)20-11)17(19-18)15-8-4-7-14(10-15)13-5-3-6-13/h4,7-10,13,17,19H,3,5-6,18H2,1-2H3. The molecule has 1 heterocycles. The molecular weight excluding hydrogens is 248 g/mol. The summed E-state index contributed by atoms with van der Waals surface area (Å²) in [6, 6.07) is 10.8. The van der Waals surface area contributed by atoms with Crippen molar-refractivity contribution in [3.05, 3.63) is 58.5 Å². The second-order valence-electron chi connectivity index (χ2n) is 5.77. The molecule has 106 valence electrons. The van der Waals surface area contributed by atoms with Crippen LogP contribution < -0.4 is 11.3 Å². The summed E-state index contributed by atoms with van der Waals surface area (Å²) in [6.45, 7) is 3.96. The Kier molecular flexibility index (Phi) is 3.64. The van der Waals surface area contributed by atoms with Gasteiger partial charge < -0.3 is 4.42 Å². The van der Waals surface area contributed by atoms with Gasteiger partial charge in [-0.1, -0.05) is 30.7 Å². The van der Waals surface area contributed by atoms with E-state index in [1.165, 1.54) is 30.4 Å². The molecule has 1 fully saturated rings. The van der Waals surface area contributed by atoms with E-state index >= 15 is 0 Å².